The Labute approximate surface area is 180 Å². The Morgan fingerprint density at radius 3 is 1.90 bits per heavy atom. The van der Waals surface area contributed by atoms with E-state index in [1.165, 1.54) is 25.7 Å². The number of esters is 1. The Morgan fingerprint density at radius 2 is 1.33 bits per heavy atom. The number of aromatic hydroxyl groups is 3. The first-order valence-electron chi connectivity index (χ1n) is 10.9. The van der Waals surface area contributed by atoms with E-state index in [2.05, 4.69) is 43.4 Å². The quantitative estimate of drug-likeness (QED) is 0.131. The van der Waals surface area contributed by atoms with Gasteiger partial charge in [-0.3, -0.25) is 0 Å². The molecule has 0 saturated heterocycles. The molecule has 0 aromatic heterocycles. The molecule has 0 aliphatic carbocycles. The average Bonchev–Trinajstić information content (AvgIpc) is 2.73. The standard InChI is InChI=1S/C25H36O5/c1-2-3-4-5-6-7-8-9-10-11-12-13-14-15-16-17-18-30-25(29)21-19-22(26)24(28)23(27)20-21/h6-7,9-10,12-13,19-20,26-28H,2-5,8,11,14-18H2,1H3/b7-6-,10-9-,13-12-. The van der Waals surface area contributed by atoms with Gasteiger partial charge in [-0.05, 0) is 63.5 Å². The van der Waals surface area contributed by atoms with Crippen LogP contribution in [-0.2, 0) is 4.74 Å². The Morgan fingerprint density at radius 1 is 0.800 bits per heavy atom. The van der Waals surface area contributed by atoms with Crippen LogP contribution >= 0.6 is 0 Å². The van der Waals surface area contributed by atoms with Crippen LogP contribution in [0.3, 0.4) is 0 Å². The first-order valence-corrected chi connectivity index (χ1v) is 10.9. The summed E-state index contributed by atoms with van der Waals surface area (Å²) in [6, 6.07) is 2.14. The molecule has 1 aromatic carbocycles. The van der Waals surface area contributed by atoms with E-state index in [0.29, 0.717) is 0 Å². The number of allylic oxidation sites excluding steroid dienone is 6. The summed E-state index contributed by atoms with van der Waals surface area (Å²) in [7, 11) is 0. The van der Waals surface area contributed by atoms with E-state index in [1.54, 1.807) is 0 Å². The van der Waals surface area contributed by atoms with Gasteiger partial charge in [-0.1, -0.05) is 56.2 Å². The SMILES string of the molecule is CCCCC/C=C\C/C=C\C/C=C\CCCCCOC(=O)c1cc(O)c(O)c(O)c1. The molecule has 0 radical (unpaired) electrons. The van der Waals surface area contributed by atoms with E-state index in [4.69, 9.17) is 4.74 Å². The highest BCUT2D eigenvalue weighted by Crippen LogP contribution is 2.35. The number of benzene rings is 1. The maximum Gasteiger partial charge on any atom is 0.338 e. The zero-order chi connectivity index (χ0) is 22.0. The van der Waals surface area contributed by atoms with Crippen molar-refractivity contribution in [3.8, 4) is 17.2 Å². The predicted molar refractivity (Wildman–Crippen MR) is 121 cm³/mol. The molecule has 0 unspecified atom stereocenters. The van der Waals surface area contributed by atoms with Gasteiger partial charge in [0.25, 0.3) is 0 Å². The normalized spacial score (nSPS) is 11.8. The summed E-state index contributed by atoms with van der Waals surface area (Å²) >= 11 is 0. The predicted octanol–water partition coefficient (Wildman–Crippen LogP) is 6.55. The molecule has 0 aliphatic heterocycles. The summed E-state index contributed by atoms with van der Waals surface area (Å²) in [6.45, 7) is 2.50. The van der Waals surface area contributed by atoms with Crippen LogP contribution in [0.15, 0.2) is 48.6 Å². The van der Waals surface area contributed by atoms with E-state index < -0.39 is 23.2 Å². The van der Waals surface area contributed by atoms with Gasteiger partial charge in [-0.15, -0.1) is 0 Å². The van der Waals surface area contributed by atoms with Crippen molar-refractivity contribution in [3.63, 3.8) is 0 Å². The molecule has 3 N–H and O–H groups in total. The molecule has 0 saturated carbocycles. The third kappa shape index (κ3) is 11.3. The minimum Gasteiger partial charge on any atom is -0.504 e. The molecule has 0 spiro atoms. The van der Waals surface area contributed by atoms with Crippen molar-refractivity contribution in [2.45, 2.75) is 71.1 Å². The van der Waals surface area contributed by atoms with E-state index in [1.807, 2.05) is 0 Å². The Kier molecular flexibility index (Phi) is 13.6. The van der Waals surface area contributed by atoms with Gasteiger partial charge in [-0.25, -0.2) is 4.79 Å². The molecule has 0 bridgehead atoms. The lowest BCUT2D eigenvalue weighted by Gasteiger charge is -2.07. The minimum atomic E-state index is -0.648. The van der Waals surface area contributed by atoms with Gasteiger partial charge in [0, 0.05) is 0 Å². The lowest BCUT2D eigenvalue weighted by Crippen LogP contribution is -2.06. The van der Waals surface area contributed by atoms with E-state index in [9.17, 15) is 20.1 Å². The van der Waals surface area contributed by atoms with Gasteiger partial charge in [-0.2, -0.15) is 0 Å². The number of rotatable bonds is 15. The van der Waals surface area contributed by atoms with Gasteiger partial charge in [0.15, 0.2) is 17.2 Å². The highest BCUT2D eigenvalue weighted by Gasteiger charge is 2.14. The number of hydrogen-bond acceptors (Lipinski definition) is 5. The topological polar surface area (TPSA) is 87.0 Å². The molecule has 5 heteroatoms. The van der Waals surface area contributed by atoms with Gasteiger partial charge < -0.3 is 20.1 Å². The molecule has 166 valence electrons. The van der Waals surface area contributed by atoms with Crippen molar-refractivity contribution in [1.29, 1.82) is 0 Å². The van der Waals surface area contributed by atoms with Gasteiger partial charge in [0.05, 0.1) is 12.2 Å². The highest BCUT2D eigenvalue weighted by molar-refractivity contribution is 5.91. The number of hydrogen-bond donors (Lipinski definition) is 3. The number of carbonyl (C=O) groups excluding carboxylic acids is 1. The van der Waals surface area contributed by atoms with E-state index in [-0.39, 0.29) is 12.2 Å². The number of unbranched alkanes of at least 4 members (excludes halogenated alkanes) is 6. The number of carbonyl (C=O) groups is 1. The van der Waals surface area contributed by atoms with Crippen LogP contribution in [-0.4, -0.2) is 27.9 Å². The summed E-state index contributed by atoms with van der Waals surface area (Å²) < 4.78 is 5.12. The summed E-state index contributed by atoms with van der Waals surface area (Å²) in [5.41, 5.74) is 0.00534. The first kappa shape index (κ1) is 25.3. The zero-order valence-corrected chi connectivity index (χ0v) is 18.1. The van der Waals surface area contributed by atoms with Crippen molar-refractivity contribution in [2.75, 3.05) is 6.61 Å². The van der Waals surface area contributed by atoms with E-state index in [0.717, 1.165) is 50.7 Å². The van der Waals surface area contributed by atoms with Crippen molar-refractivity contribution < 1.29 is 24.9 Å². The molecular formula is C25H36O5. The summed E-state index contributed by atoms with van der Waals surface area (Å²) in [5.74, 6) is -2.39. The van der Waals surface area contributed by atoms with Crippen molar-refractivity contribution >= 4 is 5.97 Å². The zero-order valence-electron chi connectivity index (χ0n) is 18.1. The fourth-order valence-corrected chi connectivity index (χ4v) is 2.80. The maximum absolute atomic E-state index is 11.9. The average molecular weight is 417 g/mol. The molecule has 1 aromatic rings. The van der Waals surface area contributed by atoms with Crippen molar-refractivity contribution in [2.24, 2.45) is 0 Å². The second kappa shape index (κ2) is 16.1. The van der Waals surface area contributed by atoms with Crippen LogP contribution in [0.2, 0.25) is 0 Å². The second-order valence-corrected chi connectivity index (χ2v) is 7.23. The van der Waals surface area contributed by atoms with Crippen LogP contribution in [0.25, 0.3) is 0 Å². The van der Waals surface area contributed by atoms with Crippen molar-refractivity contribution in [1.82, 2.24) is 0 Å². The molecule has 0 atom stereocenters. The van der Waals surface area contributed by atoms with Crippen molar-refractivity contribution in [3.05, 3.63) is 54.2 Å². The van der Waals surface area contributed by atoms with Crippen LogP contribution in [0.1, 0.15) is 81.5 Å². The molecule has 0 amide bonds. The summed E-state index contributed by atoms with van der Waals surface area (Å²) in [5, 5.41) is 28.1. The second-order valence-electron chi connectivity index (χ2n) is 7.23. The van der Waals surface area contributed by atoms with E-state index >= 15 is 0 Å². The lowest BCUT2D eigenvalue weighted by atomic mass is 10.1. The fraction of sp³-hybridized carbons (Fsp3) is 0.480. The Balaban J connectivity index is 2.03. The lowest BCUT2D eigenvalue weighted by molar-refractivity contribution is 0.0497. The van der Waals surface area contributed by atoms with Crippen LogP contribution in [0, 0.1) is 0 Å². The number of phenols is 3. The molecule has 0 aliphatic rings. The number of phenolic OH excluding ortho intramolecular Hbond substituents is 3. The molecule has 1 rings (SSSR count). The monoisotopic (exact) mass is 416 g/mol. The number of ether oxygens (including phenoxy) is 1. The largest absolute Gasteiger partial charge is 0.504 e. The third-order valence-corrected chi connectivity index (χ3v) is 4.57. The van der Waals surface area contributed by atoms with Crippen LogP contribution in [0.4, 0.5) is 0 Å². The Bertz CT molecular complexity index is 680. The van der Waals surface area contributed by atoms with Crippen LogP contribution < -0.4 is 0 Å². The minimum absolute atomic E-state index is 0.00534. The van der Waals surface area contributed by atoms with Gasteiger partial charge >= 0.3 is 5.97 Å². The molecular weight excluding hydrogens is 380 g/mol. The third-order valence-electron chi connectivity index (χ3n) is 4.57. The molecule has 0 heterocycles. The van der Waals surface area contributed by atoms with Gasteiger partial charge in [0.1, 0.15) is 0 Å². The maximum atomic E-state index is 11.9. The summed E-state index contributed by atoms with van der Waals surface area (Å²) in [6.07, 6.45) is 24.0. The van der Waals surface area contributed by atoms with Gasteiger partial charge in [0.2, 0.25) is 0 Å². The Hall–Kier alpha value is -2.69. The first-order chi connectivity index (χ1) is 14.6. The smallest absolute Gasteiger partial charge is 0.338 e. The molecule has 30 heavy (non-hydrogen) atoms. The van der Waals surface area contributed by atoms with Crippen LogP contribution in [0.5, 0.6) is 17.2 Å². The fourth-order valence-electron chi connectivity index (χ4n) is 2.80. The highest BCUT2D eigenvalue weighted by atomic mass is 16.5. The summed E-state index contributed by atoms with van der Waals surface area (Å²) in [4.78, 5) is 11.9. The molecule has 5 nitrogen and oxygen atoms in total. The molecule has 0 fully saturated rings.